The molecular formula is C29H30FN5O4. The Morgan fingerprint density at radius 3 is 2.31 bits per heavy atom. The Hall–Kier alpha value is -4.44. The molecule has 3 aromatic rings. The number of nitrogens with zero attached hydrogens (tertiary/aromatic N) is 4. The summed E-state index contributed by atoms with van der Waals surface area (Å²) in [4.78, 5) is 43.9. The van der Waals surface area contributed by atoms with E-state index in [-0.39, 0.29) is 43.8 Å². The molecule has 0 radical (unpaired) electrons. The third-order valence-corrected chi connectivity index (χ3v) is 7.04. The van der Waals surface area contributed by atoms with E-state index in [2.05, 4.69) is 5.32 Å². The Labute approximate surface area is 226 Å². The molecule has 9 nitrogen and oxygen atoms in total. The fraction of sp³-hybridized carbons (Fsp3) is 0.276. The molecule has 0 bridgehead atoms. The smallest absolute Gasteiger partial charge is 0.334 e. The number of methoxy groups -OCH3 is 1. The Bertz CT molecular complexity index is 1340. The van der Waals surface area contributed by atoms with Gasteiger partial charge in [-0.1, -0.05) is 54.6 Å². The van der Waals surface area contributed by atoms with Crippen molar-refractivity contribution < 1.29 is 23.5 Å². The number of halogens is 1. The standard InChI is InChI=1S/C29H30FN5O4/c1-32-19-26(36)34-25(35(32)29(38)31-16-20-10-14-24(39-2)15-11-20)18-33(17-21-8-12-23(30)13-9-21)28(37)27(34)22-6-4-3-5-7-22/h3-15,25,27H,16-19H2,1-2H3,(H,31,38)/t25?,27-/m0/s1. The lowest BCUT2D eigenvalue weighted by Crippen LogP contribution is -2.73. The van der Waals surface area contributed by atoms with Crippen molar-refractivity contribution in [1.29, 1.82) is 0 Å². The molecule has 0 aromatic heterocycles. The van der Waals surface area contributed by atoms with Gasteiger partial charge in [0.1, 0.15) is 23.8 Å². The monoisotopic (exact) mass is 531 g/mol. The summed E-state index contributed by atoms with van der Waals surface area (Å²) in [7, 11) is 3.27. The molecule has 202 valence electrons. The molecule has 0 saturated carbocycles. The molecule has 2 aliphatic rings. The molecule has 5 rings (SSSR count). The fourth-order valence-corrected chi connectivity index (χ4v) is 5.11. The lowest BCUT2D eigenvalue weighted by atomic mass is 9.98. The van der Waals surface area contributed by atoms with Gasteiger partial charge >= 0.3 is 6.03 Å². The molecule has 1 unspecified atom stereocenters. The van der Waals surface area contributed by atoms with Crippen molar-refractivity contribution in [3.8, 4) is 5.75 Å². The van der Waals surface area contributed by atoms with Gasteiger partial charge in [-0.25, -0.2) is 19.2 Å². The average molecular weight is 532 g/mol. The number of rotatable bonds is 6. The first-order valence-electron chi connectivity index (χ1n) is 12.7. The minimum absolute atomic E-state index is 0.0545. The number of fused-ring (bicyclic) bond motifs is 1. The van der Waals surface area contributed by atoms with Crippen LogP contribution in [-0.2, 0) is 22.7 Å². The van der Waals surface area contributed by atoms with Gasteiger partial charge in [-0.3, -0.25) is 9.59 Å². The number of ether oxygens (including phenoxy) is 1. The average Bonchev–Trinajstić information content (AvgIpc) is 2.94. The van der Waals surface area contributed by atoms with Crippen molar-refractivity contribution in [3.05, 3.63) is 101 Å². The minimum atomic E-state index is -0.900. The molecule has 2 fully saturated rings. The summed E-state index contributed by atoms with van der Waals surface area (Å²) in [5.41, 5.74) is 2.29. The highest BCUT2D eigenvalue weighted by Crippen LogP contribution is 2.35. The maximum absolute atomic E-state index is 13.8. The number of carbonyl (C=O) groups is 3. The number of hydrogen-bond acceptors (Lipinski definition) is 5. The number of urea groups is 1. The van der Waals surface area contributed by atoms with Crippen LogP contribution in [0.1, 0.15) is 22.7 Å². The van der Waals surface area contributed by atoms with Gasteiger partial charge in [0.05, 0.1) is 20.2 Å². The molecular weight excluding hydrogens is 501 g/mol. The zero-order valence-electron chi connectivity index (χ0n) is 21.8. The molecule has 2 saturated heterocycles. The van der Waals surface area contributed by atoms with E-state index < -0.39 is 18.2 Å². The van der Waals surface area contributed by atoms with Gasteiger partial charge in [0.2, 0.25) is 5.91 Å². The van der Waals surface area contributed by atoms with E-state index in [1.807, 2.05) is 42.5 Å². The third-order valence-electron chi connectivity index (χ3n) is 7.04. The van der Waals surface area contributed by atoms with Crippen LogP contribution in [0, 0.1) is 5.82 Å². The summed E-state index contributed by atoms with van der Waals surface area (Å²) < 4.78 is 18.7. The highest BCUT2D eigenvalue weighted by Gasteiger charge is 2.51. The van der Waals surface area contributed by atoms with Crippen molar-refractivity contribution in [1.82, 2.24) is 25.1 Å². The van der Waals surface area contributed by atoms with Crippen molar-refractivity contribution >= 4 is 17.8 Å². The van der Waals surface area contributed by atoms with Crippen LogP contribution in [0.4, 0.5) is 9.18 Å². The van der Waals surface area contributed by atoms with Gasteiger partial charge in [-0.05, 0) is 41.0 Å². The normalized spacial score (nSPS) is 19.6. The van der Waals surface area contributed by atoms with Crippen LogP contribution < -0.4 is 10.1 Å². The van der Waals surface area contributed by atoms with E-state index in [4.69, 9.17) is 4.74 Å². The zero-order valence-corrected chi connectivity index (χ0v) is 21.8. The van der Waals surface area contributed by atoms with Crippen molar-refractivity contribution in [2.45, 2.75) is 25.3 Å². The van der Waals surface area contributed by atoms with E-state index in [1.165, 1.54) is 22.0 Å². The van der Waals surface area contributed by atoms with Crippen LogP contribution in [0.3, 0.4) is 0 Å². The molecule has 2 atom stereocenters. The number of carbonyl (C=O) groups excluding carboxylic acids is 3. The second-order valence-electron chi connectivity index (χ2n) is 9.61. The van der Waals surface area contributed by atoms with Gasteiger partial charge in [-0.2, -0.15) is 0 Å². The number of likely N-dealkylation sites (N-methyl/N-ethyl adjacent to an activating group) is 1. The van der Waals surface area contributed by atoms with Crippen molar-refractivity contribution in [3.63, 3.8) is 0 Å². The van der Waals surface area contributed by atoms with Crippen LogP contribution in [0.2, 0.25) is 0 Å². The van der Waals surface area contributed by atoms with Gasteiger partial charge in [0, 0.05) is 20.1 Å². The Balaban J connectivity index is 1.44. The first-order chi connectivity index (χ1) is 18.9. The lowest BCUT2D eigenvalue weighted by molar-refractivity contribution is -0.188. The van der Waals surface area contributed by atoms with Crippen LogP contribution in [-0.4, -0.2) is 71.1 Å². The second kappa shape index (κ2) is 11.1. The molecule has 1 N–H and O–H groups in total. The Morgan fingerprint density at radius 2 is 1.64 bits per heavy atom. The molecule has 0 aliphatic carbocycles. The summed E-state index contributed by atoms with van der Waals surface area (Å²) in [6, 6.07) is 21.1. The molecule has 3 aromatic carbocycles. The summed E-state index contributed by atoms with van der Waals surface area (Å²) in [6.45, 7) is 0.535. The Kier molecular flexibility index (Phi) is 7.47. The Morgan fingerprint density at radius 1 is 0.974 bits per heavy atom. The van der Waals surface area contributed by atoms with Crippen LogP contribution in [0.25, 0.3) is 0 Å². The predicted molar refractivity (Wildman–Crippen MR) is 141 cm³/mol. The van der Waals surface area contributed by atoms with E-state index in [1.54, 1.807) is 48.3 Å². The van der Waals surface area contributed by atoms with E-state index in [0.29, 0.717) is 5.56 Å². The van der Waals surface area contributed by atoms with Gasteiger partial charge in [0.15, 0.2) is 0 Å². The maximum atomic E-state index is 13.8. The SMILES string of the molecule is COc1ccc(CNC(=O)N2C3CN(Cc4ccc(F)cc4)C(=O)[C@H](c4ccccc4)N3C(=O)CN2C)cc1. The minimum Gasteiger partial charge on any atom is -0.497 e. The first kappa shape index (κ1) is 26.2. The molecule has 2 heterocycles. The molecule has 39 heavy (non-hydrogen) atoms. The first-order valence-corrected chi connectivity index (χ1v) is 12.7. The fourth-order valence-electron chi connectivity index (χ4n) is 5.11. The zero-order chi connectivity index (χ0) is 27.5. The van der Waals surface area contributed by atoms with Crippen molar-refractivity contribution in [2.24, 2.45) is 0 Å². The quantitative estimate of drug-likeness (QED) is 0.528. The number of hydrazine groups is 1. The van der Waals surface area contributed by atoms with Crippen LogP contribution in [0.5, 0.6) is 5.75 Å². The van der Waals surface area contributed by atoms with E-state index in [9.17, 15) is 18.8 Å². The largest absolute Gasteiger partial charge is 0.497 e. The maximum Gasteiger partial charge on any atom is 0.334 e. The number of hydrogen-bond donors (Lipinski definition) is 1. The predicted octanol–water partition coefficient (Wildman–Crippen LogP) is 3.14. The molecule has 10 heteroatoms. The summed E-state index contributed by atoms with van der Waals surface area (Å²) in [5, 5.41) is 6.03. The number of nitrogens with one attached hydrogen (secondary N) is 1. The molecule has 0 spiro atoms. The molecule has 2 aliphatic heterocycles. The van der Waals surface area contributed by atoms with Crippen molar-refractivity contribution in [2.75, 3.05) is 27.2 Å². The summed E-state index contributed by atoms with van der Waals surface area (Å²) in [6.07, 6.45) is -0.740. The van der Waals surface area contributed by atoms with Gasteiger partial charge < -0.3 is 19.9 Å². The molecule has 4 amide bonds. The topological polar surface area (TPSA) is 85.4 Å². The van der Waals surface area contributed by atoms with Gasteiger partial charge in [-0.15, -0.1) is 0 Å². The lowest BCUT2D eigenvalue weighted by Gasteiger charge is -2.54. The number of benzene rings is 3. The van der Waals surface area contributed by atoms with Gasteiger partial charge in [0.25, 0.3) is 5.91 Å². The summed E-state index contributed by atoms with van der Waals surface area (Å²) in [5.74, 6) is -0.144. The van der Waals surface area contributed by atoms with E-state index in [0.717, 1.165) is 16.9 Å². The third kappa shape index (κ3) is 5.42. The van der Waals surface area contributed by atoms with Crippen LogP contribution >= 0.6 is 0 Å². The summed E-state index contributed by atoms with van der Waals surface area (Å²) >= 11 is 0. The number of amides is 4. The van der Waals surface area contributed by atoms with Crippen LogP contribution in [0.15, 0.2) is 78.9 Å². The highest BCUT2D eigenvalue weighted by atomic mass is 19.1. The van der Waals surface area contributed by atoms with E-state index >= 15 is 0 Å². The second-order valence-corrected chi connectivity index (χ2v) is 9.61. The number of piperazine rings is 1. The highest BCUT2D eigenvalue weighted by molar-refractivity contribution is 5.92.